The average Bonchev–Trinajstić information content (AvgIpc) is 2.39. The van der Waals surface area contributed by atoms with Crippen LogP contribution in [0, 0.1) is 11.8 Å². The number of nitrogens with two attached hydrogens (primary N) is 2. The molecule has 22 heavy (non-hydrogen) atoms. The van der Waals surface area contributed by atoms with Crippen molar-refractivity contribution < 1.29 is 44.7 Å². The average molecular weight is 322 g/mol. The zero-order valence-electron chi connectivity index (χ0n) is 11.4. The first-order valence-electron chi connectivity index (χ1n) is 6.04. The van der Waals surface area contributed by atoms with E-state index in [2.05, 4.69) is 0 Å². The number of aliphatic hydroxyl groups is 1. The molecule has 0 aliphatic rings. The van der Waals surface area contributed by atoms with Crippen molar-refractivity contribution in [3.8, 4) is 0 Å². The molecule has 9 N–H and O–H groups in total. The second-order valence-electron chi connectivity index (χ2n) is 4.73. The second kappa shape index (κ2) is 7.68. The van der Waals surface area contributed by atoms with Crippen molar-refractivity contribution in [2.75, 3.05) is 6.54 Å². The molecule has 11 nitrogen and oxygen atoms in total. The fourth-order valence-electron chi connectivity index (χ4n) is 2.22. The molecule has 0 saturated heterocycles. The third kappa shape index (κ3) is 4.38. The van der Waals surface area contributed by atoms with Gasteiger partial charge in [0.1, 0.15) is 0 Å². The van der Waals surface area contributed by atoms with Crippen LogP contribution in [0.5, 0.6) is 0 Å². The van der Waals surface area contributed by atoms with Gasteiger partial charge in [0.05, 0.1) is 36.3 Å². The molecule has 0 rings (SSSR count). The minimum atomic E-state index is -2.58. The van der Waals surface area contributed by atoms with Gasteiger partial charge < -0.3 is 37.0 Å². The van der Waals surface area contributed by atoms with Gasteiger partial charge in [0.25, 0.3) is 0 Å². The van der Waals surface area contributed by atoms with E-state index in [1.54, 1.807) is 0 Å². The van der Waals surface area contributed by atoms with E-state index in [9.17, 15) is 24.3 Å². The van der Waals surface area contributed by atoms with E-state index in [-0.39, 0.29) is 0 Å². The van der Waals surface area contributed by atoms with Crippen molar-refractivity contribution in [1.29, 1.82) is 0 Å². The smallest absolute Gasteiger partial charge is 0.309 e. The molecule has 11 heteroatoms. The Kier molecular flexibility index (Phi) is 6.90. The highest BCUT2D eigenvalue weighted by atomic mass is 16.4. The molecule has 0 saturated carbocycles. The third-order valence-electron chi connectivity index (χ3n) is 3.36. The summed E-state index contributed by atoms with van der Waals surface area (Å²) < 4.78 is 0. The predicted octanol–water partition coefficient (Wildman–Crippen LogP) is -2.65. The highest BCUT2D eigenvalue weighted by molar-refractivity contribution is 5.84. The van der Waals surface area contributed by atoms with Gasteiger partial charge >= 0.3 is 23.9 Å². The lowest BCUT2D eigenvalue weighted by Gasteiger charge is -2.41. The first-order chi connectivity index (χ1) is 9.98. The Morgan fingerprint density at radius 2 is 1.18 bits per heavy atom. The third-order valence-corrected chi connectivity index (χ3v) is 3.36. The van der Waals surface area contributed by atoms with Crippen LogP contribution in [0.4, 0.5) is 0 Å². The van der Waals surface area contributed by atoms with Gasteiger partial charge in [-0.15, -0.1) is 0 Å². The van der Waals surface area contributed by atoms with Crippen LogP contribution in [0.2, 0.25) is 0 Å². The number of hydrogen-bond acceptors (Lipinski definition) is 7. The summed E-state index contributed by atoms with van der Waals surface area (Å²) in [5.74, 6) is -10.9. The maximum atomic E-state index is 11.3. The number of carbonyl (C=O) groups is 4. The fourth-order valence-corrected chi connectivity index (χ4v) is 2.22. The lowest BCUT2D eigenvalue weighted by molar-refractivity contribution is -0.163. The molecular formula is C11H18N2O9. The van der Waals surface area contributed by atoms with E-state index < -0.39 is 66.7 Å². The van der Waals surface area contributed by atoms with Gasteiger partial charge in [-0.2, -0.15) is 0 Å². The van der Waals surface area contributed by atoms with E-state index in [0.29, 0.717) is 0 Å². The first-order valence-corrected chi connectivity index (χ1v) is 6.04. The summed E-state index contributed by atoms with van der Waals surface area (Å²) in [6, 6.07) is 0. The second-order valence-corrected chi connectivity index (χ2v) is 4.73. The molecule has 0 aromatic heterocycles. The minimum Gasteiger partial charge on any atom is -0.481 e. The van der Waals surface area contributed by atoms with Crippen molar-refractivity contribution >= 4 is 23.9 Å². The maximum Gasteiger partial charge on any atom is 0.309 e. The Hall–Kier alpha value is -2.24. The first kappa shape index (κ1) is 19.8. The zero-order chi connectivity index (χ0) is 17.7. The van der Waals surface area contributed by atoms with Crippen LogP contribution < -0.4 is 11.5 Å². The number of aliphatic carboxylic acids is 4. The molecule has 0 aromatic carbocycles. The Morgan fingerprint density at radius 1 is 0.864 bits per heavy atom. The van der Waals surface area contributed by atoms with Crippen LogP contribution in [-0.2, 0) is 19.2 Å². The largest absolute Gasteiger partial charge is 0.481 e. The molecule has 0 aromatic rings. The van der Waals surface area contributed by atoms with Crippen molar-refractivity contribution in [3.63, 3.8) is 0 Å². The van der Waals surface area contributed by atoms with Gasteiger partial charge in [0.2, 0.25) is 0 Å². The van der Waals surface area contributed by atoms with Gasteiger partial charge in [-0.3, -0.25) is 19.2 Å². The van der Waals surface area contributed by atoms with Gasteiger partial charge in [0.15, 0.2) is 0 Å². The van der Waals surface area contributed by atoms with Crippen LogP contribution in [0.25, 0.3) is 0 Å². The fraction of sp³-hybridized carbons (Fsp3) is 0.636. The zero-order valence-corrected chi connectivity index (χ0v) is 11.4. The Balaban J connectivity index is 6.08. The number of rotatable bonds is 10. The normalized spacial score (nSPS) is 17.8. The van der Waals surface area contributed by atoms with Gasteiger partial charge in [0, 0.05) is 6.54 Å². The molecule has 0 spiro atoms. The van der Waals surface area contributed by atoms with E-state index in [1.165, 1.54) is 0 Å². The van der Waals surface area contributed by atoms with E-state index in [1.807, 2.05) is 0 Å². The predicted molar refractivity (Wildman–Crippen MR) is 68.7 cm³/mol. The van der Waals surface area contributed by atoms with E-state index in [0.717, 1.165) is 0 Å². The standard InChI is InChI=1S/C11H18N2O9/c12-3-6(14)11(13,4(9(19)20)1-7(15)16)5(10(21)22)2-8(17)18/h4-6,14H,1-3,12-13H2,(H,15,16)(H,17,18)(H,19,20)(H,21,22). The lowest BCUT2D eigenvalue weighted by Crippen LogP contribution is -2.67. The summed E-state index contributed by atoms with van der Waals surface area (Å²) in [6.07, 6.45) is -4.15. The Morgan fingerprint density at radius 3 is 1.36 bits per heavy atom. The molecular weight excluding hydrogens is 304 g/mol. The quantitative estimate of drug-likeness (QED) is 0.220. The number of carboxylic acids is 4. The highest BCUT2D eigenvalue weighted by Crippen LogP contribution is 2.33. The van der Waals surface area contributed by atoms with Crippen molar-refractivity contribution in [1.82, 2.24) is 0 Å². The Labute approximate surface area is 124 Å². The van der Waals surface area contributed by atoms with Crippen LogP contribution in [0.1, 0.15) is 12.8 Å². The van der Waals surface area contributed by atoms with E-state index >= 15 is 0 Å². The van der Waals surface area contributed by atoms with Crippen molar-refractivity contribution in [2.45, 2.75) is 24.5 Å². The number of aliphatic hydroxyl groups excluding tert-OH is 1. The number of hydrogen-bond donors (Lipinski definition) is 7. The van der Waals surface area contributed by atoms with Crippen LogP contribution in [0.3, 0.4) is 0 Å². The summed E-state index contributed by atoms with van der Waals surface area (Å²) in [4.78, 5) is 44.1. The van der Waals surface area contributed by atoms with Gasteiger partial charge in [-0.1, -0.05) is 0 Å². The molecule has 0 heterocycles. The van der Waals surface area contributed by atoms with Crippen LogP contribution >= 0.6 is 0 Å². The summed E-state index contributed by atoms with van der Waals surface area (Å²) in [5.41, 5.74) is 8.33. The summed E-state index contributed by atoms with van der Waals surface area (Å²) >= 11 is 0. The molecule has 0 aliphatic heterocycles. The van der Waals surface area contributed by atoms with Crippen LogP contribution in [-0.4, -0.2) is 67.6 Å². The van der Waals surface area contributed by atoms with Crippen molar-refractivity contribution in [2.24, 2.45) is 23.3 Å². The maximum absolute atomic E-state index is 11.3. The molecule has 126 valence electrons. The number of carboxylic acid groups (broad SMARTS) is 4. The minimum absolute atomic E-state index is 0.677. The molecule has 0 aliphatic carbocycles. The molecule has 0 fully saturated rings. The Bertz CT molecular complexity index is 430. The summed E-state index contributed by atoms with van der Waals surface area (Å²) in [7, 11) is 0. The van der Waals surface area contributed by atoms with Crippen molar-refractivity contribution in [3.05, 3.63) is 0 Å². The van der Waals surface area contributed by atoms with Gasteiger partial charge in [-0.25, -0.2) is 0 Å². The molecule has 0 amide bonds. The highest BCUT2D eigenvalue weighted by Gasteiger charge is 2.54. The lowest BCUT2D eigenvalue weighted by atomic mass is 9.68. The SMILES string of the molecule is NCC(O)C(N)(C(CC(=O)O)C(=O)O)C(CC(=O)O)C(=O)O. The summed E-state index contributed by atoms with van der Waals surface area (Å²) in [5, 5.41) is 45.7. The molecule has 0 bridgehead atoms. The molecule has 0 radical (unpaired) electrons. The van der Waals surface area contributed by atoms with Gasteiger partial charge in [-0.05, 0) is 0 Å². The molecule has 3 unspecified atom stereocenters. The molecule has 3 atom stereocenters. The summed E-state index contributed by atoms with van der Waals surface area (Å²) in [6.45, 7) is -0.677. The van der Waals surface area contributed by atoms with E-state index in [4.69, 9.17) is 31.9 Å². The van der Waals surface area contributed by atoms with Crippen LogP contribution in [0.15, 0.2) is 0 Å². The topological polar surface area (TPSA) is 221 Å². The monoisotopic (exact) mass is 322 g/mol.